The van der Waals surface area contributed by atoms with E-state index in [1.54, 1.807) is 18.3 Å². The first kappa shape index (κ1) is 27.9. The van der Waals surface area contributed by atoms with E-state index in [9.17, 15) is 13.2 Å². The molecule has 6 nitrogen and oxygen atoms in total. The molecule has 2 aromatic heterocycles. The molecule has 0 amide bonds. The Kier molecular flexibility index (Phi) is 8.29. The van der Waals surface area contributed by atoms with E-state index in [4.69, 9.17) is 9.47 Å². The van der Waals surface area contributed by atoms with Gasteiger partial charge in [0.15, 0.2) is 5.82 Å². The van der Waals surface area contributed by atoms with Crippen molar-refractivity contribution in [2.24, 2.45) is 5.41 Å². The monoisotopic (exact) mass is 520 g/mol. The first-order chi connectivity index (χ1) is 16.6. The van der Waals surface area contributed by atoms with Crippen LogP contribution in [0.15, 0.2) is 36.5 Å². The van der Waals surface area contributed by atoms with Crippen LogP contribution in [0, 0.1) is 12.3 Å². The minimum Gasteiger partial charge on any atom is -0.477 e. The third-order valence-corrected chi connectivity index (χ3v) is 7.03. The number of rotatable bonds is 9. The Bertz CT molecular complexity index is 1160. The Hall–Kier alpha value is -2.72. The SMILES string of the molecule is Cc1cc(OCC(C)(C)C)ncc1-c1ccc(-c2nc(C(F)(F)F)n(COCC[Si](C)(C)C)n2)cc1. The smallest absolute Gasteiger partial charge is 0.451 e. The van der Waals surface area contributed by atoms with Gasteiger partial charge in [0, 0.05) is 38.1 Å². The van der Waals surface area contributed by atoms with Gasteiger partial charge in [0.1, 0.15) is 6.73 Å². The lowest BCUT2D eigenvalue weighted by atomic mass is 9.99. The fraction of sp³-hybridized carbons (Fsp3) is 0.500. The summed E-state index contributed by atoms with van der Waals surface area (Å²) in [5.74, 6) is -0.506. The quantitative estimate of drug-likeness (QED) is 0.223. The third kappa shape index (κ3) is 7.89. The normalized spacial score (nSPS) is 12.7. The molecule has 3 rings (SSSR count). The summed E-state index contributed by atoms with van der Waals surface area (Å²) in [4.78, 5) is 8.18. The van der Waals surface area contributed by atoms with Crippen LogP contribution in [0.3, 0.4) is 0 Å². The van der Waals surface area contributed by atoms with Crippen molar-refractivity contribution in [3.05, 3.63) is 47.9 Å². The van der Waals surface area contributed by atoms with E-state index in [1.165, 1.54) is 0 Å². The minimum atomic E-state index is -4.63. The van der Waals surface area contributed by atoms with Crippen LogP contribution in [0.5, 0.6) is 5.88 Å². The van der Waals surface area contributed by atoms with Crippen molar-refractivity contribution in [1.29, 1.82) is 0 Å². The van der Waals surface area contributed by atoms with Gasteiger partial charge in [-0.25, -0.2) is 14.6 Å². The molecule has 0 bridgehead atoms. The van der Waals surface area contributed by atoms with Crippen LogP contribution in [-0.4, -0.2) is 41.0 Å². The van der Waals surface area contributed by atoms with E-state index in [2.05, 4.69) is 55.5 Å². The number of benzene rings is 1. The molecule has 0 saturated carbocycles. The minimum absolute atomic E-state index is 0.00319. The van der Waals surface area contributed by atoms with Crippen LogP contribution >= 0.6 is 0 Å². The summed E-state index contributed by atoms with van der Waals surface area (Å²) in [6.45, 7) is 15.4. The van der Waals surface area contributed by atoms with Gasteiger partial charge < -0.3 is 9.47 Å². The van der Waals surface area contributed by atoms with Crippen LogP contribution < -0.4 is 4.74 Å². The van der Waals surface area contributed by atoms with Crippen molar-refractivity contribution in [1.82, 2.24) is 19.7 Å². The van der Waals surface area contributed by atoms with Crippen LogP contribution in [-0.2, 0) is 17.6 Å². The Labute approximate surface area is 211 Å². The van der Waals surface area contributed by atoms with Crippen molar-refractivity contribution in [3.8, 4) is 28.4 Å². The standard InChI is InChI=1S/C26H35F3N4O2Si/c1-18-14-22(35-16-25(2,3)4)30-15-21(18)19-8-10-20(11-9-19)23-31-24(26(27,28)29)33(32-23)17-34-12-13-36(5,6)7/h8-11,14-15H,12-13,16-17H2,1-7H3. The maximum Gasteiger partial charge on any atom is 0.451 e. The summed E-state index contributed by atoms with van der Waals surface area (Å²) in [6.07, 6.45) is -2.89. The Balaban J connectivity index is 1.77. The Morgan fingerprint density at radius 2 is 1.64 bits per heavy atom. The predicted octanol–water partition coefficient (Wildman–Crippen LogP) is 7.07. The first-order valence-corrected chi connectivity index (χ1v) is 15.6. The molecule has 196 valence electrons. The van der Waals surface area contributed by atoms with E-state index in [-0.39, 0.29) is 18.0 Å². The molecule has 0 spiro atoms. The van der Waals surface area contributed by atoms with E-state index in [0.29, 0.717) is 24.7 Å². The zero-order valence-corrected chi connectivity index (χ0v) is 23.0. The molecule has 10 heteroatoms. The van der Waals surface area contributed by atoms with Crippen molar-refractivity contribution in [2.75, 3.05) is 13.2 Å². The molecule has 0 unspecified atom stereocenters. The molecule has 36 heavy (non-hydrogen) atoms. The highest BCUT2D eigenvalue weighted by molar-refractivity contribution is 6.76. The molecule has 3 aromatic rings. The van der Waals surface area contributed by atoms with Crippen LogP contribution in [0.2, 0.25) is 25.7 Å². The van der Waals surface area contributed by atoms with Gasteiger partial charge in [-0.05, 0) is 29.5 Å². The van der Waals surface area contributed by atoms with Crippen molar-refractivity contribution < 1.29 is 22.6 Å². The summed E-state index contributed by atoms with van der Waals surface area (Å²) in [7, 11) is -1.35. The molecular weight excluding hydrogens is 485 g/mol. The third-order valence-electron chi connectivity index (χ3n) is 5.33. The summed E-state index contributed by atoms with van der Waals surface area (Å²) in [5.41, 5.74) is 3.29. The molecule has 0 aliphatic heterocycles. The molecule has 0 N–H and O–H groups in total. The number of hydrogen-bond donors (Lipinski definition) is 0. The average Bonchev–Trinajstić information content (AvgIpc) is 3.19. The van der Waals surface area contributed by atoms with Gasteiger partial charge in [0.2, 0.25) is 11.7 Å². The van der Waals surface area contributed by atoms with Crippen molar-refractivity contribution >= 4 is 8.07 Å². The highest BCUT2D eigenvalue weighted by Gasteiger charge is 2.38. The predicted molar refractivity (Wildman–Crippen MR) is 137 cm³/mol. The molecule has 1 aromatic carbocycles. The highest BCUT2D eigenvalue weighted by atomic mass is 28.3. The summed E-state index contributed by atoms with van der Waals surface area (Å²) >= 11 is 0. The van der Waals surface area contributed by atoms with E-state index in [0.717, 1.165) is 27.4 Å². The van der Waals surface area contributed by atoms with Gasteiger partial charge in [0.25, 0.3) is 0 Å². The van der Waals surface area contributed by atoms with Crippen LogP contribution in [0.25, 0.3) is 22.5 Å². The lowest BCUT2D eigenvalue weighted by Gasteiger charge is -2.18. The van der Waals surface area contributed by atoms with Crippen LogP contribution in [0.1, 0.15) is 32.2 Å². The first-order valence-electron chi connectivity index (χ1n) is 11.9. The molecule has 0 atom stereocenters. The second-order valence-electron chi connectivity index (χ2n) is 11.4. The molecular formula is C26H35F3N4O2Si. The number of pyridine rings is 1. The summed E-state index contributed by atoms with van der Waals surface area (Å²) in [5, 5.41) is 4.10. The number of ether oxygens (including phenoxy) is 2. The number of alkyl halides is 3. The number of nitrogens with zero attached hydrogens (tertiary/aromatic N) is 4. The van der Waals surface area contributed by atoms with Gasteiger partial charge in [-0.2, -0.15) is 13.2 Å². The van der Waals surface area contributed by atoms with Gasteiger partial charge in [-0.15, -0.1) is 5.10 Å². The Morgan fingerprint density at radius 3 is 2.19 bits per heavy atom. The Morgan fingerprint density at radius 1 is 1.00 bits per heavy atom. The number of aryl methyl sites for hydroxylation is 1. The zero-order valence-electron chi connectivity index (χ0n) is 22.0. The molecule has 2 heterocycles. The maximum atomic E-state index is 13.6. The maximum absolute atomic E-state index is 13.6. The summed E-state index contributed by atoms with van der Waals surface area (Å²) in [6, 6.07) is 9.82. The second kappa shape index (κ2) is 10.7. The van der Waals surface area contributed by atoms with Crippen molar-refractivity contribution in [2.45, 2.75) is 66.3 Å². The van der Waals surface area contributed by atoms with E-state index >= 15 is 0 Å². The lowest BCUT2D eigenvalue weighted by molar-refractivity contribution is -0.150. The molecule has 0 saturated heterocycles. The van der Waals surface area contributed by atoms with Crippen LogP contribution in [0.4, 0.5) is 13.2 Å². The largest absolute Gasteiger partial charge is 0.477 e. The van der Waals surface area contributed by atoms with E-state index < -0.39 is 20.1 Å². The zero-order chi connectivity index (χ0) is 26.7. The lowest BCUT2D eigenvalue weighted by Crippen LogP contribution is -2.23. The highest BCUT2D eigenvalue weighted by Crippen LogP contribution is 2.31. The molecule has 0 fully saturated rings. The summed E-state index contributed by atoms with van der Waals surface area (Å²) < 4.78 is 52.8. The average molecular weight is 521 g/mol. The molecule has 0 aliphatic carbocycles. The van der Waals surface area contributed by atoms with Gasteiger partial charge >= 0.3 is 6.18 Å². The number of aromatic nitrogens is 4. The van der Waals surface area contributed by atoms with Crippen molar-refractivity contribution in [3.63, 3.8) is 0 Å². The molecule has 0 radical (unpaired) electrons. The van der Waals surface area contributed by atoms with E-state index in [1.807, 2.05) is 25.1 Å². The van der Waals surface area contributed by atoms with Gasteiger partial charge in [-0.1, -0.05) is 64.7 Å². The number of halogens is 3. The van der Waals surface area contributed by atoms with Gasteiger partial charge in [-0.3, -0.25) is 0 Å². The molecule has 0 aliphatic rings. The fourth-order valence-corrected chi connectivity index (χ4v) is 4.05. The fourth-order valence-electron chi connectivity index (χ4n) is 3.29. The van der Waals surface area contributed by atoms with Gasteiger partial charge in [0.05, 0.1) is 6.61 Å². The topological polar surface area (TPSA) is 62.1 Å². The second-order valence-corrected chi connectivity index (χ2v) is 17.0. The number of hydrogen-bond acceptors (Lipinski definition) is 5.